The maximum absolute atomic E-state index is 14.5. The van der Waals surface area contributed by atoms with Crippen LogP contribution in [0.5, 0.6) is 0 Å². The molecular weight excluding hydrogens is 532 g/mol. The Morgan fingerprint density at radius 2 is 1.78 bits per heavy atom. The minimum Gasteiger partial charge on any atom is -0.472 e. The molecule has 4 aliphatic rings. The van der Waals surface area contributed by atoms with Gasteiger partial charge in [-0.3, -0.25) is 14.4 Å². The molecule has 9 atom stereocenters. The number of hydrogen-bond donors (Lipinski definition) is 2. The lowest BCUT2D eigenvalue weighted by atomic mass is 9.39. The summed E-state index contributed by atoms with van der Waals surface area (Å²) < 4.78 is 22.0. The highest BCUT2D eigenvalue weighted by Gasteiger charge is 2.75. The molecule has 3 aliphatic carbocycles. The number of ether oxygens (including phenoxy) is 3. The number of aliphatic hydroxyl groups is 2. The molecule has 1 aromatic rings. The van der Waals surface area contributed by atoms with E-state index in [1.54, 1.807) is 46.9 Å². The third kappa shape index (κ3) is 3.96. The van der Waals surface area contributed by atoms with E-state index in [-0.39, 0.29) is 6.42 Å². The van der Waals surface area contributed by atoms with Gasteiger partial charge < -0.3 is 28.8 Å². The van der Waals surface area contributed by atoms with Crippen molar-refractivity contribution in [3.63, 3.8) is 0 Å². The zero-order valence-corrected chi connectivity index (χ0v) is 24.6. The number of fused-ring (bicyclic) bond motifs is 6. The van der Waals surface area contributed by atoms with Crippen molar-refractivity contribution in [3.8, 4) is 0 Å². The van der Waals surface area contributed by atoms with E-state index in [9.17, 15) is 29.4 Å². The van der Waals surface area contributed by atoms with E-state index >= 15 is 0 Å². The molecule has 1 aliphatic heterocycles. The zero-order chi connectivity index (χ0) is 30.3. The molecule has 41 heavy (non-hydrogen) atoms. The number of cyclic esters (lactones) is 1. The fourth-order valence-corrected chi connectivity index (χ4v) is 8.74. The van der Waals surface area contributed by atoms with Gasteiger partial charge in [0.15, 0.2) is 17.5 Å². The summed E-state index contributed by atoms with van der Waals surface area (Å²) in [6.07, 6.45) is 1.87. The summed E-state index contributed by atoms with van der Waals surface area (Å²) in [6, 6.07) is 1.76. The highest BCUT2D eigenvalue weighted by Crippen LogP contribution is 2.69. The van der Waals surface area contributed by atoms with E-state index < -0.39 is 87.5 Å². The number of Topliss-reactive ketones (excluding diaryl/α,β-unsaturated/α-hetero) is 1. The van der Waals surface area contributed by atoms with Crippen molar-refractivity contribution in [3.05, 3.63) is 35.8 Å². The maximum Gasteiger partial charge on any atom is 0.335 e. The van der Waals surface area contributed by atoms with E-state index in [0.717, 1.165) is 7.11 Å². The first-order chi connectivity index (χ1) is 19.0. The molecule has 10 nitrogen and oxygen atoms in total. The van der Waals surface area contributed by atoms with Gasteiger partial charge in [-0.05, 0) is 36.8 Å². The number of hydrogen-bond acceptors (Lipinski definition) is 10. The Morgan fingerprint density at radius 1 is 1.10 bits per heavy atom. The first kappa shape index (κ1) is 29.5. The van der Waals surface area contributed by atoms with Crippen LogP contribution in [0.25, 0.3) is 0 Å². The normalized spacial score (nSPS) is 40.0. The molecule has 3 fully saturated rings. The molecule has 10 heteroatoms. The van der Waals surface area contributed by atoms with Gasteiger partial charge in [0.2, 0.25) is 0 Å². The molecular formula is C31H40O10. The van der Waals surface area contributed by atoms with Gasteiger partial charge in [-0.25, -0.2) is 4.79 Å². The van der Waals surface area contributed by atoms with Crippen molar-refractivity contribution in [2.45, 2.75) is 84.7 Å². The molecule has 9 unspecified atom stereocenters. The van der Waals surface area contributed by atoms with Gasteiger partial charge in [-0.1, -0.05) is 47.1 Å². The van der Waals surface area contributed by atoms with Gasteiger partial charge >= 0.3 is 17.9 Å². The van der Waals surface area contributed by atoms with Crippen molar-refractivity contribution in [1.29, 1.82) is 0 Å². The summed E-state index contributed by atoms with van der Waals surface area (Å²) in [4.78, 5) is 53.3. The Hall–Kier alpha value is -2.98. The predicted molar refractivity (Wildman–Crippen MR) is 143 cm³/mol. The lowest BCUT2D eigenvalue weighted by Gasteiger charge is -2.66. The van der Waals surface area contributed by atoms with Crippen LogP contribution in [0.1, 0.15) is 72.5 Å². The second kappa shape index (κ2) is 9.52. The second-order valence-electron chi connectivity index (χ2n) is 13.6. The number of allylic oxidation sites excluding steroid dienone is 1. The summed E-state index contributed by atoms with van der Waals surface area (Å²) in [5.74, 6) is -5.18. The number of esters is 3. The molecule has 5 rings (SSSR count). The molecule has 224 valence electrons. The van der Waals surface area contributed by atoms with Gasteiger partial charge in [0.25, 0.3) is 0 Å². The van der Waals surface area contributed by atoms with Crippen molar-refractivity contribution >= 4 is 23.7 Å². The number of ketones is 1. The Balaban J connectivity index is 1.73. The van der Waals surface area contributed by atoms with Gasteiger partial charge in [0.1, 0.15) is 12.2 Å². The maximum atomic E-state index is 14.5. The number of furan rings is 1. The first-order valence-corrected chi connectivity index (χ1v) is 14.2. The minimum absolute atomic E-state index is 0.0254. The van der Waals surface area contributed by atoms with Crippen LogP contribution in [0.15, 0.2) is 34.7 Å². The quantitative estimate of drug-likeness (QED) is 0.306. The number of aliphatic hydroxyl groups excluding tert-OH is 1. The Labute approximate surface area is 239 Å². The van der Waals surface area contributed by atoms with Crippen molar-refractivity contribution < 1.29 is 48.0 Å². The highest BCUT2D eigenvalue weighted by atomic mass is 16.6. The zero-order valence-electron chi connectivity index (χ0n) is 24.6. The topological polar surface area (TPSA) is 150 Å². The summed E-state index contributed by atoms with van der Waals surface area (Å²) in [7, 11) is 1.15. The average Bonchev–Trinajstić information content (AvgIpc) is 3.44. The minimum atomic E-state index is -2.26. The Bertz CT molecular complexity index is 1290. The van der Waals surface area contributed by atoms with Crippen LogP contribution >= 0.6 is 0 Å². The molecule has 0 aromatic carbocycles. The summed E-state index contributed by atoms with van der Waals surface area (Å²) in [5.41, 5.74) is -4.17. The first-order valence-electron chi connectivity index (χ1n) is 14.2. The second-order valence-corrected chi connectivity index (χ2v) is 13.6. The molecule has 0 amide bonds. The van der Waals surface area contributed by atoms with Gasteiger partial charge in [0.05, 0.1) is 32.0 Å². The van der Waals surface area contributed by atoms with Crippen LogP contribution in [-0.4, -0.2) is 58.8 Å². The fraction of sp³-hybridized carbons (Fsp3) is 0.677. The Morgan fingerprint density at radius 3 is 2.37 bits per heavy atom. The highest BCUT2D eigenvalue weighted by molar-refractivity contribution is 5.99. The average molecular weight is 573 g/mol. The lowest BCUT2D eigenvalue weighted by molar-refractivity contribution is -0.237. The standard InChI is InChI=1S/C31H40O10/c1-15(2)24(34)41-27-28(3,4)22(21(33)25(35)38-7)30(6)18-8-10-29(5)19(17(18)13-31(27,37)26(30)36)12-20(32)40-23(29)16-9-11-39-14-16/h9,11,13-15,18-19,21-23,27,33,37H,8,10,12H2,1-7H3. The monoisotopic (exact) mass is 572 g/mol. The summed E-state index contributed by atoms with van der Waals surface area (Å²) in [6.45, 7) is 10.4. The van der Waals surface area contributed by atoms with Crippen molar-refractivity contribution in [2.75, 3.05) is 7.11 Å². The van der Waals surface area contributed by atoms with Crippen molar-refractivity contribution in [1.82, 2.24) is 0 Å². The van der Waals surface area contributed by atoms with Crippen LogP contribution in [-0.2, 0) is 33.4 Å². The predicted octanol–water partition coefficient (Wildman–Crippen LogP) is 3.30. The molecule has 0 radical (unpaired) electrons. The van der Waals surface area contributed by atoms with E-state index in [1.807, 2.05) is 6.92 Å². The molecule has 2 N–H and O–H groups in total. The largest absolute Gasteiger partial charge is 0.472 e. The third-order valence-electron chi connectivity index (χ3n) is 10.6. The van der Waals surface area contributed by atoms with Crippen LogP contribution in [0.2, 0.25) is 0 Å². The molecule has 1 saturated heterocycles. The van der Waals surface area contributed by atoms with Crippen LogP contribution in [0.4, 0.5) is 0 Å². The molecule has 2 saturated carbocycles. The third-order valence-corrected chi connectivity index (χ3v) is 10.6. The summed E-state index contributed by atoms with van der Waals surface area (Å²) >= 11 is 0. The molecule has 2 heterocycles. The number of methoxy groups -OCH3 is 1. The van der Waals surface area contributed by atoms with Gasteiger partial charge in [-0.2, -0.15) is 0 Å². The van der Waals surface area contributed by atoms with E-state index in [0.29, 0.717) is 24.0 Å². The number of carbonyl (C=O) groups excluding carboxylic acids is 4. The fourth-order valence-electron chi connectivity index (χ4n) is 8.74. The van der Waals surface area contributed by atoms with E-state index in [1.165, 1.54) is 12.3 Å². The van der Waals surface area contributed by atoms with Crippen LogP contribution < -0.4 is 0 Å². The SMILES string of the molecule is COC(=O)C(O)C1C(C)(C)C(OC(=O)C(C)C)C2(O)C=C3C4CC(=O)OC(c5ccoc5)C4(C)CCC3C1(C)C2=O. The Kier molecular flexibility index (Phi) is 6.85. The molecule has 2 bridgehead atoms. The lowest BCUT2D eigenvalue weighted by Crippen LogP contribution is -2.76. The molecule has 1 aromatic heterocycles. The van der Waals surface area contributed by atoms with Gasteiger partial charge in [-0.15, -0.1) is 0 Å². The van der Waals surface area contributed by atoms with Crippen LogP contribution in [0, 0.1) is 39.9 Å². The van der Waals surface area contributed by atoms with Gasteiger partial charge in [0, 0.05) is 27.7 Å². The van der Waals surface area contributed by atoms with E-state index in [2.05, 4.69) is 0 Å². The summed E-state index contributed by atoms with van der Waals surface area (Å²) in [5, 5.41) is 23.8. The van der Waals surface area contributed by atoms with E-state index in [4.69, 9.17) is 18.6 Å². The number of rotatable bonds is 5. The molecule has 0 spiro atoms. The van der Waals surface area contributed by atoms with Crippen LogP contribution in [0.3, 0.4) is 0 Å². The van der Waals surface area contributed by atoms with Crippen molar-refractivity contribution in [2.24, 2.45) is 39.9 Å². The smallest absolute Gasteiger partial charge is 0.335 e. The number of carbonyl (C=O) groups is 4.